The molecule has 6 nitrogen and oxygen atoms in total. The van der Waals surface area contributed by atoms with Crippen LogP contribution in [0.2, 0.25) is 0 Å². The molecule has 0 fully saturated rings. The molecule has 0 bridgehead atoms. The van der Waals surface area contributed by atoms with Crippen LogP contribution in [-0.2, 0) is 14.9 Å². The van der Waals surface area contributed by atoms with Crippen molar-refractivity contribution in [1.29, 1.82) is 0 Å². The number of anilines is 1. The second-order valence-electron chi connectivity index (χ2n) is 4.30. The molecule has 0 aliphatic heterocycles. The second kappa shape index (κ2) is 8.64. The van der Waals surface area contributed by atoms with Crippen LogP contribution in [0, 0.1) is 18.8 Å². The van der Waals surface area contributed by atoms with Crippen LogP contribution in [0.5, 0.6) is 0 Å². The molecule has 0 saturated carbocycles. The molecule has 0 aliphatic carbocycles. The Bertz CT molecular complexity index is 618. The van der Waals surface area contributed by atoms with Gasteiger partial charge in [0.15, 0.2) is 0 Å². The second-order valence-corrected chi connectivity index (χ2v) is 5.80. The zero-order chi connectivity index (χ0) is 15.7. The van der Waals surface area contributed by atoms with Crippen molar-refractivity contribution in [2.75, 3.05) is 31.6 Å². The molecule has 0 atom stereocenters. The maximum absolute atomic E-state index is 11.8. The van der Waals surface area contributed by atoms with Gasteiger partial charge in [0.25, 0.3) is 10.2 Å². The number of aliphatic hydroxyl groups is 1. The smallest absolute Gasteiger partial charge is 0.299 e. The molecule has 116 valence electrons. The predicted octanol–water partition coefficient (Wildman–Crippen LogP) is 0.622. The fraction of sp³-hybridized carbons (Fsp3) is 0.429. The summed E-state index contributed by atoms with van der Waals surface area (Å²) in [5.74, 6) is 5.71. The van der Waals surface area contributed by atoms with Gasteiger partial charge in [0.2, 0.25) is 0 Å². The molecule has 1 aromatic rings. The number of benzene rings is 1. The van der Waals surface area contributed by atoms with E-state index in [4.69, 9.17) is 9.84 Å². The van der Waals surface area contributed by atoms with E-state index in [1.54, 1.807) is 25.1 Å². The van der Waals surface area contributed by atoms with E-state index < -0.39 is 10.2 Å². The van der Waals surface area contributed by atoms with E-state index in [9.17, 15) is 8.42 Å². The van der Waals surface area contributed by atoms with Crippen molar-refractivity contribution in [2.45, 2.75) is 13.3 Å². The molecule has 1 aromatic carbocycles. The molecule has 0 amide bonds. The number of hydrogen-bond acceptors (Lipinski definition) is 4. The Kier molecular flexibility index (Phi) is 7.19. The standard InChI is InChI=1S/C14H20N2O4S/c1-12-11-13(5-3-4-9-17)6-7-14(12)16-21(18,19)15-8-10-20-2/h6-7,11,15-17H,4,8-10H2,1-2H3. The van der Waals surface area contributed by atoms with E-state index in [2.05, 4.69) is 21.3 Å². The lowest BCUT2D eigenvalue weighted by molar-refractivity contribution is 0.204. The van der Waals surface area contributed by atoms with Crippen LogP contribution in [-0.4, -0.2) is 40.4 Å². The minimum atomic E-state index is -3.61. The summed E-state index contributed by atoms with van der Waals surface area (Å²) in [6.07, 6.45) is 0.414. The quantitative estimate of drug-likeness (QED) is 0.509. The Morgan fingerprint density at radius 1 is 1.38 bits per heavy atom. The topological polar surface area (TPSA) is 87.7 Å². The average molecular weight is 312 g/mol. The van der Waals surface area contributed by atoms with Crippen LogP contribution in [0.3, 0.4) is 0 Å². The molecule has 0 unspecified atom stereocenters. The Morgan fingerprint density at radius 3 is 2.76 bits per heavy atom. The fourth-order valence-corrected chi connectivity index (χ4v) is 2.48. The zero-order valence-electron chi connectivity index (χ0n) is 12.1. The minimum Gasteiger partial charge on any atom is -0.395 e. The van der Waals surface area contributed by atoms with Crippen LogP contribution in [0.4, 0.5) is 5.69 Å². The van der Waals surface area contributed by atoms with Crippen molar-refractivity contribution in [3.63, 3.8) is 0 Å². The third-order valence-electron chi connectivity index (χ3n) is 2.54. The summed E-state index contributed by atoms with van der Waals surface area (Å²) in [4.78, 5) is 0. The van der Waals surface area contributed by atoms with Gasteiger partial charge in [-0.25, -0.2) is 0 Å². The van der Waals surface area contributed by atoms with Crippen molar-refractivity contribution in [1.82, 2.24) is 4.72 Å². The summed E-state index contributed by atoms with van der Waals surface area (Å²) in [7, 11) is -2.11. The van der Waals surface area contributed by atoms with Gasteiger partial charge in [-0.05, 0) is 30.7 Å². The van der Waals surface area contributed by atoms with Crippen LogP contribution in [0.1, 0.15) is 17.5 Å². The molecule has 0 spiro atoms. The summed E-state index contributed by atoms with van der Waals surface area (Å²) in [6.45, 7) is 2.33. The Labute approximate surface area is 125 Å². The highest BCUT2D eigenvalue weighted by Crippen LogP contribution is 2.17. The maximum atomic E-state index is 11.8. The minimum absolute atomic E-state index is 0.0248. The average Bonchev–Trinajstić information content (AvgIpc) is 2.42. The molecule has 0 aliphatic rings. The number of hydrogen-bond donors (Lipinski definition) is 3. The van der Waals surface area contributed by atoms with Crippen molar-refractivity contribution in [3.05, 3.63) is 29.3 Å². The highest BCUT2D eigenvalue weighted by molar-refractivity contribution is 7.90. The zero-order valence-corrected chi connectivity index (χ0v) is 13.0. The first-order chi connectivity index (χ1) is 9.98. The molecule has 0 aromatic heterocycles. The first-order valence-electron chi connectivity index (χ1n) is 6.45. The maximum Gasteiger partial charge on any atom is 0.299 e. The number of aryl methyl sites for hydroxylation is 1. The largest absolute Gasteiger partial charge is 0.395 e. The van der Waals surface area contributed by atoms with E-state index >= 15 is 0 Å². The van der Waals surface area contributed by atoms with Crippen molar-refractivity contribution < 1.29 is 18.3 Å². The highest BCUT2D eigenvalue weighted by Gasteiger charge is 2.10. The summed E-state index contributed by atoms with van der Waals surface area (Å²) < 4.78 is 33.2. The van der Waals surface area contributed by atoms with Crippen LogP contribution >= 0.6 is 0 Å². The molecular weight excluding hydrogens is 292 g/mol. The molecule has 3 N–H and O–H groups in total. The SMILES string of the molecule is COCCNS(=O)(=O)Nc1ccc(C#CCCO)cc1C. The Hall–Kier alpha value is -1.59. The molecule has 1 rings (SSSR count). The van der Waals surface area contributed by atoms with E-state index in [0.29, 0.717) is 18.7 Å². The number of ether oxygens (including phenoxy) is 1. The van der Waals surface area contributed by atoms with Crippen molar-refractivity contribution in [2.24, 2.45) is 0 Å². The third kappa shape index (κ3) is 6.60. The summed E-state index contributed by atoms with van der Waals surface area (Å²) in [5.41, 5.74) is 2.03. The predicted molar refractivity (Wildman–Crippen MR) is 82.2 cm³/mol. The molecule has 21 heavy (non-hydrogen) atoms. The lowest BCUT2D eigenvalue weighted by Crippen LogP contribution is -2.32. The first-order valence-corrected chi connectivity index (χ1v) is 7.93. The van der Waals surface area contributed by atoms with Crippen molar-refractivity contribution in [3.8, 4) is 11.8 Å². The van der Waals surface area contributed by atoms with E-state index in [1.807, 2.05) is 0 Å². The number of rotatable bonds is 7. The summed E-state index contributed by atoms with van der Waals surface area (Å²) in [5, 5.41) is 8.66. The van der Waals surface area contributed by atoms with Gasteiger partial charge in [-0.3, -0.25) is 4.72 Å². The molecule has 7 heteroatoms. The first kappa shape index (κ1) is 17.5. The summed E-state index contributed by atoms with van der Waals surface area (Å²) in [6, 6.07) is 5.18. The molecule has 0 heterocycles. The number of methoxy groups -OCH3 is 1. The highest BCUT2D eigenvalue weighted by atomic mass is 32.2. The van der Waals surface area contributed by atoms with Gasteiger partial charge in [-0.2, -0.15) is 13.1 Å². The van der Waals surface area contributed by atoms with Crippen LogP contribution < -0.4 is 9.44 Å². The lowest BCUT2D eigenvalue weighted by Gasteiger charge is -2.11. The van der Waals surface area contributed by atoms with E-state index in [0.717, 1.165) is 11.1 Å². The van der Waals surface area contributed by atoms with Crippen LogP contribution in [0.25, 0.3) is 0 Å². The number of nitrogens with one attached hydrogen (secondary N) is 2. The molecular formula is C14H20N2O4S. The van der Waals surface area contributed by atoms with Crippen molar-refractivity contribution >= 4 is 15.9 Å². The van der Waals surface area contributed by atoms with E-state index in [-0.39, 0.29) is 13.2 Å². The molecule has 0 saturated heterocycles. The van der Waals surface area contributed by atoms with Crippen LogP contribution in [0.15, 0.2) is 18.2 Å². The van der Waals surface area contributed by atoms with Gasteiger partial charge < -0.3 is 9.84 Å². The van der Waals surface area contributed by atoms with Gasteiger partial charge in [-0.15, -0.1) is 0 Å². The third-order valence-corrected chi connectivity index (χ3v) is 3.61. The van der Waals surface area contributed by atoms with Gasteiger partial charge in [0.05, 0.1) is 18.9 Å². The van der Waals surface area contributed by atoms with Gasteiger partial charge in [0, 0.05) is 25.6 Å². The Balaban J connectivity index is 2.75. The Morgan fingerprint density at radius 2 is 2.14 bits per heavy atom. The van der Waals surface area contributed by atoms with Gasteiger partial charge >= 0.3 is 0 Å². The summed E-state index contributed by atoms with van der Waals surface area (Å²) >= 11 is 0. The fourth-order valence-electron chi connectivity index (χ4n) is 1.54. The number of aliphatic hydroxyl groups excluding tert-OH is 1. The monoisotopic (exact) mass is 312 g/mol. The molecule has 0 radical (unpaired) electrons. The van der Waals surface area contributed by atoms with Gasteiger partial charge in [-0.1, -0.05) is 11.8 Å². The van der Waals surface area contributed by atoms with Gasteiger partial charge in [0.1, 0.15) is 0 Å². The van der Waals surface area contributed by atoms with E-state index in [1.165, 1.54) is 7.11 Å². The lowest BCUT2D eigenvalue weighted by atomic mass is 10.1. The normalized spacial score (nSPS) is 10.8.